The van der Waals surface area contributed by atoms with Crippen LogP contribution < -0.4 is 0 Å². The number of hydrogen-bond donors (Lipinski definition) is 0. The van der Waals surface area contributed by atoms with Gasteiger partial charge in [-0.2, -0.15) is 0 Å². The van der Waals surface area contributed by atoms with Crippen LogP contribution in [0.2, 0.25) is 0 Å². The number of ketones is 2. The van der Waals surface area contributed by atoms with E-state index in [1.807, 2.05) is 7.11 Å². The molecule has 0 bridgehead atoms. The van der Waals surface area contributed by atoms with Crippen LogP contribution in [0.1, 0.15) is 90.9 Å². The van der Waals surface area contributed by atoms with E-state index in [9.17, 15) is 9.59 Å². The van der Waals surface area contributed by atoms with Crippen molar-refractivity contribution in [1.29, 1.82) is 0 Å². The standard InChI is InChI=1S/C21H36O3/c1-4-5-6-7-8-9-10-11-21(2,24-3)20(16-12-18(22)13-16)17-14-19(23)15-17/h16-17,20H,4-15H2,1-3H3. The van der Waals surface area contributed by atoms with Gasteiger partial charge in [-0.25, -0.2) is 0 Å². The van der Waals surface area contributed by atoms with Crippen molar-refractivity contribution in [1.82, 2.24) is 0 Å². The molecule has 2 aliphatic carbocycles. The fourth-order valence-electron chi connectivity index (χ4n) is 4.78. The Hall–Kier alpha value is -0.700. The number of unbranched alkanes of at least 4 members (excludes halogenated alkanes) is 6. The second-order valence-electron chi connectivity index (χ2n) is 8.33. The highest BCUT2D eigenvalue weighted by atomic mass is 16.5. The van der Waals surface area contributed by atoms with E-state index in [2.05, 4.69) is 13.8 Å². The van der Waals surface area contributed by atoms with Gasteiger partial charge in [-0.3, -0.25) is 9.59 Å². The maximum atomic E-state index is 11.5. The van der Waals surface area contributed by atoms with Gasteiger partial charge in [0, 0.05) is 32.8 Å². The number of carbonyl (C=O) groups is 2. The van der Waals surface area contributed by atoms with E-state index in [1.165, 1.54) is 44.9 Å². The Bertz CT molecular complexity index is 391. The van der Waals surface area contributed by atoms with E-state index in [-0.39, 0.29) is 5.60 Å². The summed E-state index contributed by atoms with van der Waals surface area (Å²) in [4.78, 5) is 23.0. The van der Waals surface area contributed by atoms with Crippen molar-refractivity contribution in [2.75, 3.05) is 7.11 Å². The van der Waals surface area contributed by atoms with E-state index in [4.69, 9.17) is 4.74 Å². The lowest BCUT2D eigenvalue weighted by Crippen LogP contribution is -2.52. The molecule has 0 radical (unpaired) electrons. The van der Waals surface area contributed by atoms with Crippen molar-refractivity contribution in [2.24, 2.45) is 17.8 Å². The number of ether oxygens (including phenoxy) is 1. The lowest BCUT2D eigenvalue weighted by atomic mass is 9.57. The van der Waals surface area contributed by atoms with Gasteiger partial charge >= 0.3 is 0 Å². The molecule has 2 fully saturated rings. The molecule has 2 aliphatic rings. The minimum Gasteiger partial charge on any atom is -0.378 e. The van der Waals surface area contributed by atoms with Crippen molar-refractivity contribution >= 4 is 11.6 Å². The highest BCUT2D eigenvalue weighted by molar-refractivity contribution is 5.86. The Morgan fingerprint density at radius 2 is 1.38 bits per heavy atom. The average molecular weight is 337 g/mol. The maximum absolute atomic E-state index is 11.5. The van der Waals surface area contributed by atoms with Crippen LogP contribution in [0.15, 0.2) is 0 Å². The molecule has 1 unspecified atom stereocenters. The first-order valence-electron chi connectivity index (χ1n) is 10.1. The summed E-state index contributed by atoms with van der Waals surface area (Å²) in [6.45, 7) is 4.47. The number of carbonyl (C=O) groups excluding carboxylic acids is 2. The SMILES string of the molecule is CCCCCCCCCC(C)(OC)C(C1CC(=O)C1)C1CC(=O)C1. The monoisotopic (exact) mass is 336 g/mol. The van der Waals surface area contributed by atoms with Gasteiger partial charge in [0.25, 0.3) is 0 Å². The molecule has 3 heteroatoms. The third-order valence-corrected chi connectivity index (χ3v) is 6.42. The smallest absolute Gasteiger partial charge is 0.133 e. The molecule has 2 saturated carbocycles. The largest absolute Gasteiger partial charge is 0.378 e. The van der Waals surface area contributed by atoms with Gasteiger partial charge < -0.3 is 4.74 Å². The minimum atomic E-state index is -0.180. The molecular formula is C21H36O3. The predicted molar refractivity (Wildman–Crippen MR) is 97.0 cm³/mol. The van der Waals surface area contributed by atoms with Crippen LogP contribution in [0.5, 0.6) is 0 Å². The van der Waals surface area contributed by atoms with E-state index in [0.29, 0.717) is 55.0 Å². The summed E-state index contributed by atoms with van der Waals surface area (Å²) in [6, 6.07) is 0. The summed E-state index contributed by atoms with van der Waals surface area (Å²) in [5.41, 5.74) is -0.180. The van der Waals surface area contributed by atoms with Gasteiger partial charge in [-0.15, -0.1) is 0 Å². The topological polar surface area (TPSA) is 43.4 Å². The van der Waals surface area contributed by atoms with Gasteiger partial charge in [-0.05, 0) is 31.1 Å². The summed E-state index contributed by atoms with van der Waals surface area (Å²) in [5, 5.41) is 0. The maximum Gasteiger partial charge on any atom is 0.133 e. The summed E-state index contributed by atoms with van der Waals surface area (Å²) in [5.74, 6) is 2.00. The van der Waals surface area contributed by atoms with Gasteiger partial charge in [0.15, 0.2) is 0 Å². The highest BCUT2D eigenvalue weighted by Gasteiger charge is 2.50. The zero-order valence-electron chi connectivity index (χ0n) is 15.9. The van der Waals surface area contributed by atoms with Crippen molar-refractivity contribution in [3.63, 3.8) is 0 Å². The Kier molecular flexibility index (Phi) is 7.46. The van der Waals surface area contributed by atoms with Crippen LogP contribution in [0.25, 0.3) is 0 Å². The Balaban J connectivity index is 1.84. The van der Waals surface area contributed by atoms with Crippen molar-refractivity contribution < 1.29 is 14.3 Å². The van der Waals surface area contributed by atoms with Crippen molar-refractivity contribution in [3.8, 4) is 0 Å². The fraction of sp³-hybridized carbons (Fsp3) is 0.905. The first-order valence-corrected chi connectivity index (χ1v) is 10.1. The van der Waals surface area contributed by atoms with E-state index >= 15 is 0 Å². The molecule has 0 aromatic heterocycles. The first kappa shape index (κ1) is 19.6. The van der Waals surface area contributed by atoms with Crippen LogP contribution in [0.4, 0.5) is 0 Å². The second-order valence-corrected chi connectivity index (χ2v) is 8.33. The van der Waals surface area contributed by atoms with Crippen LogP contribution in [0.3, 0.4) is 0 Å². The lowest BCUT2D eigenvalue weighted by molar-refractivity contribution is -0.150. The van der Waals surface area contributed by atoms with Gasteiger partial charge in [-0.1, -0.05) is 51.9 Å². The van der Waals surface area contributed by atoms with Crippen LogP contribution in [-0.4, -0.2) is 24.3 Å². The van der Waals surface area contributed by atoms with Gasteiger partial charge in [0.1, 0.15) is 11.6 Å². The molecule has 0 heterocycles. The van der Waals surface area contributed by atoms with Gasteiger partial charge in [0.2, 0.25) is 0 Å². The normalized spacial score (nSPS) is 21.7. The van der Waals surface area contributed by atoms with Crippen molar-refractivity contribution in [2.45, 2.75) is 96.5 Å². The molecule has 1 atom stereocenters. The average Bonchev–Trinajstić information content (AvgIpc) is 2.50. The Morgan fingerprint density at radius 3 is 1.79 bits per heavy atom. The summed E-state index contributed by atoms with van der Waals surface area (Å²) < 4.78 is 6.01. The predicted octanol–water partition coefficient (Wildman–Crippen LogP) is 5.11. The summed E-state index contributed by atoms with van der Waals surface area (Å²) >= 11 is 0. The molecule has 0 aliphatic heterocycles. The third-order valence-electron chi connectivity index (χ3n) is 6.42. The Labute approximate surface area is 147 Å². The lowest BCUT2D eigenvalue weighted by Gasteiger charge is -2.50. The quantitative estimate of drug-likeness (QED) is 0.465. The van der Waals surface area contributed by atoms with E-state index in [1.54, 1.807) is 0 Å². The zero-order chi connectivity index (χ0) is 17.6. The molecule has 2 rings (SSSR count). The number of Topliss-reactive ketones (excluding diaryl/α,β-unsaturated/α-hetero) is 2. The molecule has 24 heavy (non-hydrogen) atoms. The summed E-state index contributed by atoms with van der Waals surface area (Å²) in [7, 11) is 1.81. The fourth-order valence-corrected chi connectivity index (χ4v) is 4.78. The molecule has 0 amide bonds. The van der Waals surface area contributed by atoms with Crippen LogP contribution in [-0.2, 0) is 14.3 Å². The molecule has 0 spiro atoms. The van der Waals surface area contributed by atoms with Crippen LogP contribution in [0, 0.1) is 17.8 Å². The zero-order valence-corrected chi connectivity index (χ0v) is 15.9. The second kappa shape index (κ2) is 9.12. The minimum absolute atomic E-state index is 0.180. The van der Waals surface area contributed by atoms with E-state index in [0.717, 1.165) is 6.42 Å². The molecule has 138 valence electrons. The first-order chi connectivity index (χ1) is 11.5. The molecule has 0 saturated heterocycles. The third kappa shape index (κ3) is 4.91. The van der Waals surface area contributed by atoms with Crippen LogP contribution >= 0.6 is 0 Å². The molecular weight excluding hydrogens is 300 g/mol. The Morgan fingerprint density at radius 1 is 0.917 bits per heavy atom. The number of methoxy groups -OCH3 is 1. The number of rotatable bonds is 12. The molecule has 0 aromatic rings. The van der Waals surface area contributed by atoms with Gasteiger partial charge in [0.05, 0.1) is 5.60 Å². The van der Waals surface area contributed by atoms with Crippen molar-refractivity contribution in [3.05, 3.63) is 0 Å². The molecule has 0 aromatic carbocycles. The number of hydrogen-bond acceptors (Lipinski definition) is 3. The molecule has 0 N–H and O–H groups in total. The highest BCUT2D eigenvalue weighted by Crippen LogP contribution is 2.49. The molecule has 3 nitrogen and oxygen atoms in total. The van der Waals surface area contributed by atoms with E-state index < -0.39 is 0 Å². The summed E-state index contributed by atoms with van der Waals surface area (Å²) in [6.07, 6.45) is 13.0.